The van der Waals surface area contributed by atoms with Crippen LogP contribution in [0.5, 0.6) is 0 Å². The van der Waals surface area contributed by atoms with E-state index in [9.17, 15) is 9.59 Å². The fourth-order valence-corrected chi connectivity index (χ4v) is 2.06. The predicted molar refractivity (Wildman–Crippen MR) is 81.8 cm³/mol. The quantitative estimate of drug-likeness (QED) is 0.869. The molecule has 2 aromatic rings. The normalized spacial score (nSPS) is 10.2. The van der Waals surface area contributed by atoms with Gasteiger partial charge in [0, 0.05) is 6.54 Å². The summed E-state index contributed by atoms with van der Waals surface area (Å²) >= 11 is 3.11. The molecule has 1 heterocycles. The molecule has 2 amide bonds. The number of halogens is 1. The molecule has 0 aliphatic carbocycles. The molecular weight excluding hydrogens is 336 g/mol. The summed E-state index contributed by atoms with van der Waals surface area (Å²) in [4.78, 5) is 23.4. The minimum absolute atomic E-state index is 0.0942. The van der Waals surface area contributed by atoms with Crippen LogP contribution in [0.4, 0.5) is 0 Å². The molecule has 0 radical (unpaired) electrons. The topological polar surface area (TPSA) is 71.3 Å². The monoisotopic (exact) mass is 350 g/mol. The standard InChI is InChI=1S/C15H15BrN2O3/c1-10-4-2-3-5-11(10)8-17-14(19)9-18-15(20)12-6-7-13(16)21-12/h2-7H,8-9H2,1H3,(H,17,19)(H,18,20). The molecule has 0 saturated carbocycles. The number of benzene rings is 1. The second-order valence-electron chi connectivity index (χ2n) is 4.49. The summed E-state index contributed by atoms with van der Waals surface area (Å²) in [5.41, 5.74) is 2.16. The minimum atomic E-state index is -0.424. The van der Waals surface area contributed by atoms with Gasteiger partial charge < -0.3 is 15.1 Å². The highest BCUT2D eigenvalue weighted by Gasteiger charge is 2.11. The summed E-state index contributed by atoms with van der Waals surface area (Å²) in [7, 11) is 0. The molecule has 0 atom stereocenters. The fraction of sp³-hybridized carbons (Fsp3) is 0.200. The predicted octanol–water partition coefficient (Wildman–Crippen LogP) is 2.40. The van der Waals surface area contributed by atoms with E-state index in [4.69, 9.17) is 4.42 Å². The summed E-state index contributed by atoms with van der Waals surface area (Å²) < 4.78 is 5.56. The van der Waals surface area contributed by atoms with Gasteiger partial charge in [0.15, 0.2) is 10.4 Å². The van der Waals surface area contributed by atoms with E-state index >= 15 is 0 Å². The maximum Gasteiger partial charge on any atom is 0.287 e. The fourth-order valence-electron chi connectivity index (χ4n) is 1.75. The summed E-state index contributed by atoms with van der Waals surface area (Å²) in [6.45, 7) is 2.33. The number of carbonyl (C=O) groups is 2. The van der Waals surface area contributed by atoms with Gasteiger partial charge in [-0.15, -0.1) is 0 Å². The third-order valence-electron chi connectivity index (χ3n) is 2.94. The van der Waals surface area contributed by atoms with Crippen LogP contribution in [0.25, 0.3) is 0 Å². The van der Waals surface area contributed by atoms with E-state index in [1.165, 1.54) is 6.07 Å². The second kappa shape index (κ2) is 7.08. The number of furan rings is 1. The zero-order valence-corrected chi connectivity index (χ0v) is 13.1. The van der Waals surface area contributed by atoms with Crippen LogP contribution in [-0.2, 0) is 11.3 Å². The van der Waals surface area contributed by atoms with Crippen molar-refractivity contribution in [3.05, 3.63) is 58.0 Å². The van der Waals surface area contributed by atoms with Crippen LogP contribution >= 0.6 is 15.9 Å². The van der Waals surface area contributed by atoms with Crippen molar-refractivity contribution in [1.82, 2.24) is 10.6 Å². The first-order chi connectivity index (χ1) is 10.1. The highest BCUT2D eigenvalue weighted by atomic mass is 79.9. The van der Waals surface area contributed by atoms with E-state index in [1.807, 2.05) is 31.2 Å². The lowest BCUT2D eigenvalue weighted by Gasteiger charge is -2.08. The van der Waals surface area contributed by atoms with Crippen LogP contribution in [0.3, 0.4) is 0 Å². The molecule has 0 saturated heterocycles. The third-order valence-corrected chi connectivity index (χ3v) is 3.37. The van der Waals surface area contributed by atoms with Crippen LogP contribution in [0, 0.1) is 6.92 Å². The molecule has 6 heteroatoms. The Hall–Kier alpha value is -2.08. The van der Waals surface area contributed by atoms with Crippen molar-refractivity contribution in [3.8, 4) is 0 Å². The molecular formula is C15H15BrN2O3. The van der Waals surface area contributed by atoms with Crippen LogP contribution in [0.15, 0.2) is 45.5 Å². The number of nitrogens with one attached hydrogen (secondary N) is 2. The van der Waals surface area contributed by atoms with Crippen LogP contribution in [-0.4, -0.2) is 18.4 Å². The molecule has 0 spiro atoms. The van der Waals surface area contributed by atoms with E-state index in [-0.39, 0.29) is 18.2 Å². The Morgan fingerprint density at radius 3 is 2.57 bits per heavy atom. The molecule has 2 N–H and O–H groups in total. The minimum Gasteiger partial charge on any atom is -0.444 e. The third kappa shape index (κ3) is 4.46. The Bertz CT molecular complexity index is 652. The largest absolute Gasteiger partial charge is 0.444 e. The number of amides is 2. The van der Waals surface area contributed by atoms with Gasteiger partial charge in [-0.05, 0) is 46.1 Å². The van der Waals surface area contributed by atoms with E-state index in [0.717, 1.165) is 11.1 Å². The maximum atomic E-state index is 11.7. The lowest BCUT2D eigenvalue weighted by molar-refractivity contribution is -0.120. The summed E-state index contributed by atoms with van der Waals surface area (Å²) in [5.74, 6) is -0.516. The number of hydrogen-bond donors (Lipinski definition) is 2. The Morgan fingerprint density at radius 1 is 1.14 bits per heavy atom. The number of carbonyl (C=O) groups excluding carboxylic acids is 2. The zero-order valence-electron chi connectivity index (χ0n) is 11.5. The van der Waals surface area contributed by atoms with Crippen LogP contribution in [0.2, 0.25) is 0 Å². The first kappa shape index (κ1) is 15.3. The maximum absolute atomic E-state index is 11.7. The molecule has 21 heavy (non-hydrogen) atoms. The first-order valence-electron chi connectivity index (χ1n) is 6.41. The van der Waals surface area contributed by atoms with Gasteiger partial charge in [0.2, 0.25) is 5.91 Å². The van der Waals surface area contributed by atoms with Gasteiger partial charge in [-0.3, -0.25) is 9.59 Å². The number of rotatable bonds is 5. The van der Waals surface area contributed by atoms with E-state index in [2.05, 4.69) is 26.6 Å². The molecule has 2 rings (SSSR count). The van der Waals surface area contributed by atoms with E-state index < -0.39 is 5.91 Å². The Morgan fingerprint density at radius 2 is 1.90 bits per heavy atom. The zero-order chi connectivity index (χ0) is 15.2. The first-order valence-corrected chi connectivity index (χ1v) is 7.20. The molecule has 0 bridgehead atoms. The van der Waals surface area contributed by atoms with Crippen LogP contribution < -0.4 is 10.6 Å². The average molecular weight is 351 g/mol. The smallest absolute Gasteiger partial charge is 0.287 e. The van der Waals surface area contributed by atoms with Gasteiger partial charge in [0.25, 0.3) is 5.91 Å². The Labute approximate surface area is 130 Å². The molecule has 1 aromatic carbocycles. The molecule has 110 valence electrons. The van der Waals surface area contributed by atoms with Crippen LogP contribution in [0.1, 0.15) is 21.7 Å². The molecule has 5 nitrogen and oxygen atoms in total. The summed E-state index contributed by atoms with van der Waals surface area (Å²) in [5, 5.41) is 5.26. The molecule has 1 aromatic heterocycles. The molecule has 0 unspecified atom stereocenters. The number of aryl methyl sites for hydroxylation is 1. The highest BCUT2D eigenvalue weighted by Crippen LogP contribution is 2.13. The average Bonchev–Trinajstić information content (AvgIpc) is 2.90. The number of hydrogen-bond acceptors (Lipinski definition) is 3. The van der Waals surface area contributed by atoms with Crippen molar-refractivity contribution < 1.29 is 14.0 Å². The van der Waals surface area contributed by atoms with Gasteiger partial charge >= 0.3 is 0 Å². The van der Waals surface area contributed by atoms with Gasteiger partial charge in [-0.2, -0.15) is 0 Å². The molecule has 0 aliphatic rings. The van der Waals surface area contributed by atoms with Gasteiger partial charge in [0.1, 0.15) is 0 Å². The second-order valence-corrected chi connectivity index (χ2v) is 5.27. The van der Waals surface area contributed by atoms with Gasteiger partial charge in [-0.25, -0.2) is 0 Å². The molecule has 0 fully saturated rings. The van der Waals surface area contributed by atoms with Crippen molar-refractivity contribution >= 4 is 27.7 Å². The summed E-state index contributed by atoms with van der Waals surface area (Å²) in [6, 6.07) is 11.0. The van der Waals surface area contributed by atoms with Crippen molar-refractivity contribution in [3.63, 3.8) is 0 Å². The van der Waals surface area contributed by atoms with Gasteiger partial charge in [0.05, 0.1) is 6.54 Å². The van der Waals surface area contributed by atoms with E-state index in [1.54, 1.807) is 6.07 Å². The highest BCUT2D eigenvalue weighted by molar-refractivity contribution is 9.10. The Kier molecular flexibility index (Phi) is 5.16. The Balaban J connectivity index is 1.78. The van der Waals surface area contributed by atoms with Crippen molar-refractivity contribution in [2.45, 2.75) is 13.5 Å². The lowest BCUT2D eigenvalue weighted by Crippen LogP contribution is -2.36. The lowest BCUT2D eigenvalue weighted by atomic mass is 10.1. The van der Waals surface area contributed by atoms with Gasteiger partial charge in [-0.1, -0.05) is 24.3 Å². The van der Waals surface area contributed by atoms with Crippen molar-refractivity contribution in [2.75, 3.05) is 6.54 Å². The summed E-state index contributed by atoms with van der Waals surface area (Å²) in [6.07, 6.45) is 0. The molecule has 0 aliphatic heterocycles. The van der Waals surface area contributed by atoms with Crippen molar-refractivity contribution in [2.24, 2.45) is 0 Å². The van der Waals surface area contributed by atoms with E-state index in [0.29, 0.717) is 11.2 Å². The van der Waals surface area contributed by atoms with Crippen molar-refractivity contribution in [1.29, 1.82) is 0 Å². The SMILES string of the molecule is Cc1ccccc1CNC(=O)CNC(=O)c1ccc(Br)o1.